The number of rotatable bonds is 6. The molecule has 0 atom stereocenters. The second-order valence-corrected chi connectivity index (χ2v) is 14.5. The van der Waals surface area contributed by atoms with Crippen LogP contribution in [0.25, 0.3) is 0 Å². The Bertz CT molecular complexity index is 1320. The van der Waals surface area contributed by atoms with Gasteiger partial charge in [-0.3, -0.25) is 4.79 Å². The number of benzene rings is 2. The van der Waals surface area contributed by atoms with Crippen LogP contribution in [-0.2, 0) is 10.0 Å². The molecule has 0 spiro atoms. The monoisotopic (exact) mass is 593 g/mol. The summed E-state index contributed by atoms with van der Waals surface area (Å²) in [6, 6.07) is 14.5. The minimum Gasteiger partial charge on any atom is -0.370 e. The van der Waals surface area contributed by atoms with Crippen LogP contribution < -0.4 is 9.80 Å². The third-order valence-electron chi connectivity index (χ3n) is 9.83. The molecular weight excluding hydrogens is 546 g/mol. The molecule has 0 radical (unpaired) electrons. The maximum absolute atomic E-state index is 14.4. The van der Waals surface area contributed by atoms with Gasteiger partial charge in [0, 0.05) is 65.4 Å². The molecule has 4 heterocycles. The number of likely N-dealkylation sites (tertiary alicyclic amines) is 1. The van der Waals surface area contributed by atoms with Crippen LogP contribution in [0.2, 0.25) is 0 Å². The summed E-state index contributed by atoms with van der Waals surface area (Å²) in [5.41, 5.74) is 3.59. The predicted octanol–water partition coefficient (Wildman–Crippen LogP) is 4.62. The number of amides is 1. The topological polar surface area (TPSA) is 67.4 Å². The third-order valence-corrected chi connectivity index (χ3v) is 11.8. The predicted molar refractivity (Wildman–Crippen MR) is 169 cm³/mol. The van der Waals surface area contributed by atoms with Crippen molar-refractivity contribution in [1.29, 1.82) is 0 Å². The fraction of sp³-hybridized carbons (Fsp3) is 0.606. The van der Waals surface area contributed by atoms with E-state index in [1.807, 2.05) is 4.90 Å². The van der Waals surface area contributed by atoms with Crippen LogP contribution in [0.3, 0.4) is 0 Å². The van der Waals surface area contributed by atoms with Gasteiger partial charge in [-0.1, -0.05) is 36.8 Å². The first-order chi connectivity index (χ1) is 20.4. The van der Waals surface area contributed by atoms with Crippen LogP contribution in [-0.4, -0.2) is 101 Å². The molecule has 1 amide bonds. The molecule has 0 aliphatic carbocycles. The molecule has 228 valence electrons. The molecule has 0 unspecified atom stereocenters. The second kappa shape index (κ2) is 12.9. The average Bonchev–Trinajstić information content (AvgIpc) is 3.05. The molecule has 9 heteroatoms. The zero-order chi connectivity index (χ0) is 29.1. The molecule has 8 nitrogen and oxygen atoms in total. The first kappa shape index (κ1) is 29.5. The number of anilines is 2. The summed E-state index contributed by atoms with van der Waals surface area (Å²) in [6.45, 7) is 7.66. The van der Waals surface area contributed by atoms with Crippen LogP contribution in [0.1, 0.15) is 73.2 Å². The van der Waals surface area contributed by atoms with Gasteiger partial charge in [0.25, 0.3) is 5.91 Å². The van der Waals surface area contributed by atoms with E-state index in [1.165, 1.54) is 5.56 Å². The maximum atomic E-state index is 14.4. The summed E-state index contributed by atoms with van der Waals surface area (Å²) in [6.07, 6.45) is 7.93. The smallest absolute Gasteiger partial charge is 0.256 e. The minimum atomic E-state index is -3.76. The Balaban J connectivity index is 1.41. The van der Waals surface area contributed by atoms with Gasteiger partial charge < -0.3 is 19.6 Å². The number of carbonyl (C=O) groups excluding carboxylic acids is 1. The SMILES string of the molecule is CN1CCN(c2cc(N3CCC(c4ccccc4)CC3)c(S(=O)(=O)N3CCCCC3)cc2C(=O)N2CCCCC2)CC1. The van der Waals surface area contributed by atoms with E-state index in [9.17, 15) is 13.2 Å². The Morgan fingerprint density at radius 1 is 0.690 bits per heavy atom. The molecule has 6 rings (SSSR count). The summed E-state index contributed by atoms with van der Waals surface area (Å²) >= 11 is 0. The van der Waals surface area contributed by atoms with Gasteiger partial charge in [-0.15, -0.1) is 0 Å². The van der Waals surface area contributed by atoms with Crippen molar-refractivity contribution in [2.75, 3.05) is 82.3 Å². The van der Waals surface area contributed by atoms with E-state index in [4.69, 9.17) is 0 Å². The number of piperazine rings is 1. The Kier molecular flexibility index (Phi) is 9.07. The molecule has 4 aliphatic rings. The van der Waals surface area contributed by atoms with E-state index >= 15 is 0 Å². The number of piperidine rings is 3. The summed E-state index contributed by atoms with van der Waals surface area (Å²) in [4.78, 5) is 23.3. The maximum Gasteiger partial charge on any atom is 0.256 e. The fourth-order valence-electron chi connectivity index (χ4n) is 7.18. The lowest BCUT2D eigenvalue weighted by Crippen LogP contribution is -2.46. The van der Waals surface area contributed by atoms with Crippen molar-refractivity contribution < 1.29 is 13.2 Å². The standard InChI is InChI=1S/C33H47N5O3S/c1-34-21-23-36(24-22-34)30-26-31(35-19-13-28(14-20-35)27-11-5-2-6-12-27)32(42(40,41)38-17-9-4-10-18-38)25-29(30)33(39)37-15-7-3-8-16-37/h2,5-6,11-12,25-26,28H,3-4,7-10,13-24H2,1H3. The highest BCUT2D eigenvalue weighted by Gasteiger charge is 2.35. The zero-order valence-corrected chi connectivity index (χ0v) is 26.0. The molecule has 4 fully saturated rings. The molecular formula is C33H47N5O3S. The largest absolute Gasteiger partial charge is 0.370 e. The van der Waals surface area contributed by atoms with Crippen molar-refractivity contribution in [3.63, 3.8) is 0 Å². The van der Waals surface area contributed by atoms with Crippen molar-refractivity contribution in [2.24, 2.45) is 0 Å². The summed E-state index contributed by atoms with van der Waals surface area (Å²) in [5, 5.41) is 0. The minimum absolute atomic E-state index is 0.0203. The molecule has 0 bridgehead atoms. The molecule has 2 aromatic rings. The highest BCUT2D eigenvalue weighted by Crippen LogP contribution is 2.40. The molecule has 0 N–H and O–H groups in total. The quantitative estimate of drug-likeness (QED) is 0.487. The summed E-state index contributed by atoms with van der Waals surface area (Å²) in [7, 11) is -1.62. The summed E-state index contributed by atoms with van der Waals surface area (Å²) in [5.74, 6) is 0.453. The van der Waals surface area contributed by atoms with Crippen LogP contribution in [0.5, 0.6) is 0 Å². The van der Waals surface area contributed by atoms with Crippen molar-refractivity contribution in [3.05, 3.63) is 53.6 Å². The fourth-order valence-corrected chi connectivity index (χ4v) is 8.92. The van der Waals surface area contributed by atoms with Gasteiger partial charge in [-0.25, -0.2) is 8.42 Å². The second-order valence-electron chi connectivity index (χ2n) is 12.6. The molecule has 0 aromatic heterocycles. The van der Waals surface area contributed by atoms with Gasteiger partial charge in [0.05, 0.1) is 16.9 Å². The normalized spacial score (nSPS) is 22.0. The van der Waals surface area contributed by atoms with E-state index in [1.54, 1.807) is 10.4 Å². The molecule has 0 saturated carbocycles. The first-order valence-corrected chi connectivity index (χ1v) is 17.6. The number of hydrogen-bond acceptors (Lipinski definition) is 6. The zero-order valence-electron chi connectivity index (χ0n) is 25.2. The number of carbonyl (C=O) groups is 1. The van der Waals surface area contributed by atoms with Crippen molar-refractivity contribution in [2.45, 2.75) is 62.2 Å². The Morgan fingerprint density at radius 3 is 1.93 bits per heavy atom. The van der Waals surface area contributed by atoms with Crippen LogP contribution >= 0.6 is 0 Å². The van der Waals surface area contributed by atoms with Gasteiger partial charge in [-0.2, -0.15) is 4.31 Å². The number of nitrogens with zero attached hydrogens (tertiary/aromatic N) is 5. The first-order valence-electron chi connectivity index (χ1n) is 16.1. The molecule has 4 saturated heterocycles. The van der Waals surface area contributed by atoms with Gasteiger partial charge >= 0.3 is 0 Å². The molecule has 4 aliphatic heterocycles. The van der Waals surface area contributed by atoms with E-state index in [0.717, 1.165) is 115 Å². The van der Waals surface area contributed by atoms with Gasteiger partial charge in [0.2, 0.25) is 10.0 Å². The lowest BCUT2D eigenvalue weighted by Gasteiger charge is -2.39. The number of likely N-dealkylation sites (N-methyl/N-ethyl adjacent to an activating group) is 1. The van der Waals surface area contributed by atoms with E-state index in [2.05, 4.69) is 58.1 Å². The van der Waals surface area contributed by atoms with Crippen molar-refractivity contribution in [3.8, 4) is 0 Å². The lowest BCUT2D eigenvalue weighted by molar-refractivity contribution is 0.0724. The van der Waals surface area contributed by atoms with Crippen molar-refractivity contribution >= 4 is 27.3 Å². The average molecular weight is 594 g/mol. The number of sulfonamides is 1. The van der Waals surface area contributed by atoms with Crippen LogP contribution in [0.15, 0.2) is 47.4 Å². The van der Waals surface area contributed by atoms with Gasteiger partial charge in [-0.05, 0) is 75.6 Å². The van der Waals surface area contributed by atoms with Gasteiger partial charge in [0.15, 0.2) is 0 Å². The van der Waals surface area contributed by atoms with Gasteiger partial charge in [0.1, 0.15) is 4.90 Å². The van der Waals surface area contributed by atoms with Crippen LogP contribution in [0, 0.1) is 0 Å². The lowest BCUT2D eigenvalue weighted by atomic mass is 9.89. The van der Waals surface area contributed by atoms with E-state index in [0.29, 0.717) is 29.5 Å². The van der Waals surface area contributed by atoms with E-state index < -0.39 is 10.0 Å². The highest BCUT2D eigenvalue weighted by atomic mass is 32.2. The van der Waals surface area contributed by atoms with E-state index in [-0.39, 0.29) is 5.91 Å². The Labute approximate surface area is 252 Å². The Morgan fingerprint density at radius 2 is 1.29 bits per heavy atom. The summed E-state index contributed by atoms with van der Waals surface area (Å²) < 4.78 is 30.4. The van der Waals surface area contributed by atoms with Crippen molar-refractivity contribution in [1.82, 2.24) is 14.1 Å². The highest BCUT2D eigenvalue weighted by molar-refractivity contribution is 7.89. The third kappa shape index (κ3) is 6.19. The van der Waals surface area contributed by atoms with Crippen LogP contribution in [0.4, 0.5) is 11.4 Å². The number of hydrogen-bond donors (Lipinski definition) is 0. The molecule has 42 heavy (non-hydrogen) atoms. The Hall–Kier alpha value is -2.62. The molecule has 2 aromatic carbocycles.